The zero-order valence-corrected chi connectivity index (χ0v) is 80.8. The van der Waals surface area contributed by atoms with Crippen LogP contribution in [0, 0.1) is 12.2 Å². The smallest absolute Gasteiger partial charge is 0.480 e. The largest absolute Gasteiger partial charge is 0.487 e. The van der Waals surface area contributed by atoms with Gasteiger partial charge >= 0.3 is 19.3 Å². The van der Waals surface area contributed by atoms with Crippen molar-refractivity contribution in [1.29, 1.82) is 0 Å². The summed E-state index contributed by atoms with van der Waals surface area (Å²) in [6.45, 7) is 7.95. The second-order valence-electron chi connectivity index (χ2n) is 31.2. The average molecular weight is 1970 g/mol. The Morgan fingerprint density at radius 3 is 1.21 bits per heavy atom. The number of nitrogens with zero attached hydrogens (tertiary/aromatic N) is 21. The Morgan fingerprint density at radius 1 is 0.489 bits per heavy atom. The Hall–Kier alpha value is -10.6. The van der Waals surface area contributed by atoms with Crippen molar-refractivity contribution in [3.8, 4) is 23.5 Å². The maximum atomic E-state index is 12.7. The molecule has 0 radical (unpaired) electrons. The van der Waals surface area contributed by atoms with E-state index in [2.05, 4.69) is 173 Å². The van der Waals surface area contributed by atoms with Crippen LogP contribution in [0.25, 0.3) is 42.5 Å². The summed E-state index contributed by atoms with van der Waals surface area (Å²) < 4.78 is 83.3. The lowest BCUT2D eigenvalue weighted by Gasteiger charge is -2.32. The monoisotopic (exact) mass is 1970 g/mol. The van der Waals surface area contributed by atoms with E-state index in [4.69, 9.17) is 85.1 Å². The van der Waals surface area contributed by atoms with E-state index in [1.165, 1.54) is 115 Å². The summed E-state index contributed by atoms with van der Waals surface area (Å²) in [7, 11) is 21.2. The van der Waals surface area contributed by atoms with Gasteiger partial charge in [-0.05, 0) is 215 Å². The number of ether oxygens (including phenoxy) is 4. The van der Waals surface area contributed by atoms with E-state index in [1.807, 2.05) is 45.9 Å². The zero-order chi connectivity index (χ0) is 93.8. The van der Waals surface area contributed by atoms with Gasteiger partial charge in [-0.25, -0.2) is 68.2 Å². The molecule has 46 heteroatoms. The van der Waals surface area contributed by atoms with Crippen LogP contribution in [0.4, 0.5) is 38.5 Å². The lowest BCUT2D eigenvalue weighted by atomic mass is 9.89. The average Bonchev–Trinajstić information content (AvgIpc) is 1.65. The third-order valence-electron chi connectivity index (χ3n) is 20.8. The third-order valence-corrected chi connectivity index (χ3v) is 24.9. The maximum absolute atomic E-state index is 12.7. The van der Waals surface area contributed by atoms with Crippen LogP contribution in [-0.2, 0) is 24.9 Å². The number of hydrogen-bond donors (Lipinski definition) is 6. The number of nitrogens with one attached hydrogen (secondary N) is 2. The minimum atomic E-state index is -3.78. The summed E-state index contributed by atoms with van der Waals surface area (Å²) in [5.74, 6) is 4.75. The molecule has 0 spiro atoms. The molecule has 0 atom stereocenters. The molecule has 131 heavy (non-hydrogen) atoms. The lowest BCUT2D eigenvalue weighted by molar-refractivity contribution is 0.00578. The molecule has 11 heterocycles. The molecule has 3 saturated carbocycles. The van der Waals surface area contributed by atoms with Crippen molar-refractivity contribution < 1.29 is 56.4 Å². The summed E-state index contributed by atoms with van der Waals surface area (Å²) in [6.07, 6.45) is 49.9. The molecule has 4 fully saturated rings. The van der Waals surface area contributed by atoms with Crippen LogP contribution < -0.4 is 52.5 Å². The van der Waals surface area contributed by atoms with Crippen LogP contribution in [0.5, 0.6) is 23.5 Å². The molecule has 37 nitrogen and oxygen atoms in total. The number of methoxy groups -OCH3 is 4. The molecule has 10 aromatic rings. The van der Waals surface area contributed by atoms with Crippen molar-refractivity contribution in [2.45, 2.75) is 168 Å². The van der Waals surface area contributed by atoms with Crippen LogP contribution in [0.15, 0.2) is 132 Å². The van der Waals surface area contributed by atoms with Gasteiger partial charge in [0, 0.05) is 151 Å². The zero-order valence-electron chi connectivity index (χ0n) is 75.3. The first kappa shape index (κ1) is 109. The van der Waals surface area contributed by atoms with E-state index in [-0.39, 0.29) is 61.6 Å². The van der Waals surface area contributed by atoms with Gasteiger partial charge in [0.25, 0.3) is 0 Å². The normalized spacial score (nSPS) is 17.8. The van der Waals surface area contributed by atoms with Gasteiger partial charge in [0.1, 0.15) is 16.5 Å². The second kappa shape index (κ2) is 54.4. The number of pyridine rings is 2. The van der Waals surface area contributed by atoms with Gasteiger partial charge in [0.05, 0.1) is 81.9 Å². The molecule has 0 aromatic carbocycles. The highest BCUT2D eigenvalue weighted by Crippen LogP contribution is 2.38. The molecule has 0 unspecified atom stereocenters. The van der Waals surface area contributed by atoms with Crippen molar-refractivity contribution in [3.63, 3.8) is 0 Å². The SMILES string of the molecule is CC1(C)OB(/C=C/c2cnc(F)nc2)OC1(C)C.CN(C)C1CCC(N)CC1.COc1nc(CS(=O)(=O)c2cnccc2Cl)ncc1C=Cc1cnc(NC2CCC(N(C)C)CC2)nc1.COc1nc(N)ncc1/C=C/c1cnc(F)nc1.COc1nc(N)ncc1/C=C/c1cnc(NC2CCC(N(C)C)CC2)nc1.COc1nc(N)ncc1Br.ClSc1cnccc1Cl.O.O. The van der Waals surface area contributed by atoms with E-state index in [1.54, 1.807) is 93.0 Å². The van der Waals surface area contributed by atoms with Crippen LogP contribution in [0.3, 0.4) is 0 Å². The maximum Gasteiger partial charge on any atom is 0.487 e. The van der Waals surface area contributed by atoms with Crippen molar-refractivity contribution in [2.24, 2.45) is 5.73 Å². The van der Waals surface area contributed by atoms with Gasteiger partial charge in [0.2, 0.25) is 53.3 Å². The van der Waals surface area contributed by atoms with Crippen LogP contribution in [-0.4, -0.2) is 249 Å². The van der Waals surface area contributed by atoms with E-state index < -0.39 is 34.9 Å². The second-order valence-corrected chi connectivity index (χ2v) is 35.8. The first-order chi connectivity index (χ1) is 61.6. The highest BCUT2D eigenvalue weighted by Gasteiger charge is 2.50. The topological polar surface area (TPSA) is 522 Å². The van der Waals surface area contributed by atoms with E-state index >= 15 is 0 Å². The number of sulfone groups is 1. The summed E-state index contributed by atoms with van der Waals surface area (Å²) in [6, 6.07) is 6.56. The van der Waals surface area contributed by atoms with Crippen LogP contribution in [0.2, 0.25) is 10.0 Å². The van der Waals surface area contributed by atoms with E-state index in [9.17, 15) is 17.2 Å². The molecule has 1 saturated heterocycles. The predicted molar refractivity (Wildman–Crippen MR) is 514 cm³/mol. The summed E-state index contributed by atoms with van der Waals surface area (Å²) in [5.41, 5.74) is 26.4. The Labute approximate surface area is 789 Å². The van der Waals surface area contributed by atoms with Gasteiger partial charge in [-0.2, -0.15) is 28.7 Å². The summed E-state index contributed by atoms with van der Waals surface area (Å²) >= 11 is 14.9. The molecule has 706 valence electrons. The number of halogens is 6. The Balaban J connectivity index is 0.000000249. The number of rotatable bonds is 23. The van der Waals surface area contributed by atoms with E-state index in [0.717, 1.165) is 77.1 Å². The van der Waals surface area contributed by atoms with Gasteiger partial charge in [-0.1, -0.05) is 53.5 Å². The Bertz CT molecular complexity index is 5370. The fourth-order valence-electron chi connectivity index (χ4n) is 12.8. The van der Waals surface area contributed by atoms with Crippen LogP contribution >= 0.6 is 60.8 Å². The Morgan fingerprint density at radius 2 is 0.840 bits per heavy atom. The highest BCUT2D eigenvalue weighted by molar-refractivity contribution is 9.10. The Kier molecular flexibility index (Phi) is 45.3. The molecule has 0 amide bonds. The van der Waals surface area contributed by atoms with Crippen LogP contribution in [0.1, 0.15) is 150 Å². The molecule has 0 bridgehead atoms. The lowest BCUT2D eigenvalue weighted by Crippen LogP contribution is -2.41. The minimum absolute atomic E-state index is 0. The molecule has 4 aliphatic rings. The van der Waals surface area contributed by atoms with Gasteiger partial charge in [0.15, 0.2) is 9.84 Å². The van der Waals surface area contributed by atoms with Gasteiger partial charge < -0.3 is 87.5 Å². The number of anilines is 5. The molecule has 3 aliphatic carbocycles. The van der Waals surface area contributed by atoms with Gasteiger partial charge in [-0.3, -0.25) is 9.97 Å². The highest BCUT2D eigenvalue weighted by atomic mass is 79.9. The number of nitrogen functional groups attached to an aromatic ring is 3. The number of nitrogens with two attached hydrogens (primary N) is 4. The molecule has 14 rings (SSSR count). The van der Waals surface area contributed by atoms with Gasteiger partial charge in [-0.15, -0.1) is 0 Å². The molecular formula is C85H114BBrCl3F2N27O10S2. The number of aromatic nitrogens is 18. The standard InChI is InChI=1S/C25H30ClN7O3S.C19H27N7O.C12H16BFN2O2.C11H10FN5O.C8H18N2.C5H6BrN3O.C5H3Cl2NS.2H2O/c1-33(2)20-8-6-19(7-9-20)31-25-29-12-17(13-30-25)4-5-18-14-28-23(32-24(18)36-3)16-37(34,35)22-15-27-11-10-21(22)26;1-26(2)16-8-6-15(7-9-16)24-19-22-10-13(11-23-19)4-5-14-12-21-18(20)25-17(14)27-3;1-11(2)12(3,4)18-13(17-11)6-5-9-7-15-10(14)16-8-9;1-18-9-8(6-16-11(13)17-9)3-2-7-4-14-10(12)15-5-7;1-10(2)8-5-3-7(9)4-6-8;1-10-4-3(6)2-8-5(7)9-4;6-4-1-2-8-3-5(4)9-7;;/h4-5,10-15,19-20H,6-9,16H2,1-3H3,(H,29,30,31);4-5,10-12,15-16H,6-9H2,1-3H3,(H2,20,21,25)(H,22,23,24);5-8H,1-4H3;2-6H,1H3,(H2,13,16,17);7-8H,3-6,9H2,1-2H3;2H,1H3,(H2,7,8,9);1-3H;2*1H2/b;5-4+;6-5+;3-2+;;;;;. The predicted octanol–water partition coefficient (Wildman–Crippen LogP) is 12.5. The quantitative estimate of drug-likeness (QED) is 0.0256. The molecule has 10 aromatic heterocycles. The van der Waals surface area contributed by atoms with Crippen molar-refractivity contribution in [2.75, 3.05) is 98.6 Å². The van der Waals surface area contributed by atoms with Crippen molar-refractivity contribution in [3.05, 3.63) is 189 Å². The molecule has 1 aliphatic heterocycles. The fourth-order valence-corrected chi connectivity index (χ4v) is 15.8. The van der Waals surface area contributed by atoms with Crippen molar-refractivity contribution >= 4 is 150 Å². The molecule has 14 N–H and O–H groups in total. The minimum Gasteiger partial charge on any atom is -0.480 e. The summed E-state index contributed by atoms with van der Waals surface area (Å²) in [4.78, 5) is 78.7. The molecular weight excluding hydrogens is 1860 g/mol. The third kappa shape index (κ3) is 36.1. The number of hydrogen-bond acceptors (Lipinski definition) is 36. The summed E-state index contributed by atoms with van der Waals surface area (Å²) in [5, 5.41) is 7.62. The fraction of sp³-hybridized carbons (Fsp3) is 0.412. The first-order valence-corrected chi connectivity index (χ1v) is 45.6. The van der Waals surface area contributed by atoms with Crippen molar-refractivity contribution in [1.82, 2.24) is 104 Å². The first-order valence-electron chi connectivity index (χ1n) is 40.8. The van der Waals surface area contributed by atoms with E-state index in [0.29, 0.717) is 91.5 Å².